The minimum atomic E-state index is -0.194. The second kappa shape index (κ2) is 8.78. The second-order valence-corrected chi connectivity index (χ2v) is 9.04. The highest BCUT2D eigenvalue weighted by Gasteiger charge is 2.30. The van der Waals surface area contributed by atoms with Gasteiger partial charge in [-0.2, -0.15) is 0 Å². The molecule has 0 unspecified atom stereocenters. The zero-order chi connectivity index (χ0) is 23.1. The number of aliphatic hydroxyl groups is 1. The lowest BCUT2D eigenvalue weighted by Crippen LogP contribution is -2.37. The molecule has 1 amide bonds. The van der Waals surface area contributed by atoms with Crippen LogP contribution in [0.25, 0.3) is 21.9 Å². The second-order valence-electron chi connectivity index (χ2n) is 8.20. The Kier molecular flexibility index (Phi) is 5.82. The van der Waals surface area contributed by atoms with E-state index in [0.29, 0.717) is 38.9 Å². The van der Waals surface area contributed by atoms with Crippen LogP contribution < -0.4 is 5.32 Å². The highest BCUT2D eigenvalue weighted by atomic mass is 35.5. The first kappa shape index (κ1) is 21.9. The van der Waals surface area contributed by atoms with E-state index in [-0.39, 0.29) is 24.6 Å². The Bertz CT molecular complexity index is 1360. The predicted octanol–water partition coefficient (Wildman–Crippen LogP) is 4.58. The molecule has 33 heavy (non-hydrogen) atoms. The molecule has 2 aromatic carbocycles. The molecular weight excluding hydrogens is 463 g/mol. The van der Waals surface area contributed by atoms with Crippen LogP contribution in [0.1, 0.15) is 42.0 Å². The number of imidazole rings is 1. The van der Waals surface area contributed by atoms with E-state index < -0.39 is 0 Å². The van der Waals surface area contributed by atoms with E-state index in [4.69, 9.17) is 23.2 Å². The van der Waals surface area contributed by atoms with Gasteiger partial charge in [0.05, 0.1) is 45.8 Å². The summed E-state index contributed by atoms with van der Waals surface area (Å²) in [6.45, 7) is 2.52. The standard InChI is InChI=1S/C23H22Cl2N6O2/c1-12(21-29-18-5-4-13(24)7-20(18)30-21)28-22-16-8-17(25)15(9-19(16)26-11-27-22)23(33)31-6-2-3-14(31)10-32/h4-5,7-9,11-12,14,32H,2-3,6,10H2,1H3,(H,29,30)(H,26,27,28)/t12-,14+/m1/s1. The Labute approximate surface area is 200 Å². The van der Waals surface area contributed by atoms with Crippen LogP contribution in [0.3, 0.4) is 0 Å². The summed E-state index contributed by atoms with van der Waals surface area (Å²) in [4.78, 5) is 31.4. The van der Waals surface area contributed by atoms with Gasteiger partial charge in [-0.3, -0.25) is 4.79 Å². The number of aromatic amines is 1. The highest BCUT2D eigenvalue weighted by Crippen LogP contribution is 2.31. The molecule has 1 fully saturated rings. The largest absolute Gasteiger partial charge is 0.394 e. The van der Waals surface area contributed by atoms with Crippen LogP contribution in [-0.2, 0) is 0 Å². The number of benzene rings is 2. The number of nitrogens with zero attached hydrogens (tertiary/aromatic N) is 4. The molecule has 5 rings (SSSR count). The Balaban J connectivity index is 1.45. The first-order valence-electron chi connectivity index (χ1n) is 10.7. The number of halogens is 2. The number of hydrogen-bond acceptors (Lipinski definition) is 6. The fraction of sp³-hybridized carbons (Fsp3) is 0.304. The van der Waals surface area contributed by atoms with Crippen LogP contribution in [0, 0.1) is 0 Å². The molecule has 10 heteroatoms. The highest BCUT2D eigenvalue weighted by molar-refractivity contribution is 6.35. The minimum absolute atomic E-state index is 0.0565. The third kappa shape index (κ3) is 4.10. The molecule has 170 valence electrons. The number of aromatic nitrogens is 4. The number of fused-ring (bicyclic) bond motifs is 2. The van der Waals surface area contributed by atoms with Crippen molar-refractivity contribution < 1.29 is 9.90 Å². The van der Waals surface area contributed by atoms with Crippen LogP contribution in [0.5, 0.6) is 0 Å². The van der Waals surface area contributed by atoms with Crippen molar-refractivity contribution in [3.8, 4) is 0 Å². The van der Waals surface area contributed by atoms with E-state index in [0.717, 1.165) is 29.7 Å². The van der Waals surface area contributed by atoms with Crippen molar-refractivity contribution in [1.29, 1.82) is 0 Å². The lowest BCUT2D eigenvalue weighted by atomic mass is 10.1. The maximum Gasteiger partial charge on any atom is 0.255 e. The molecule has 0 radical (unpaired) electrons. The number of likely N-dealkylation sites (tertiary alicyclic amines) is 1. The van der Waals surface area contributed by atoms with Crippen molar-refractivity contribution in [3.63, 3.8) is 0 Å². The molecule has 8 nitrogen and oxygen atoms in total. The van der Waals surface area contributed by atoms with Gasteiger partial charge in [0.15, 0.2) is 0 Å². The molecule has 1 aliphatic heterocycles. The van der Waals surface area contributed by atoms with Gasteiger partial charge in [-0.25, -0.2) is 15.0 Å². The molecule has 0 bridgehead atoms. The van der Waals surface area contributed by atoms with E-state index in [1.165, 1.54) is 6.33 Å². The van der Waals surface area contributed by atoms with Crippen molar-refractivity contribution >= 4 is 56.9 Å². The summed E-state index contributed by atoms with van der Waals surface area (Å²) < 4.78 is 0. The van der Waals surface area contributed by atoms with Crippen LogP contribution in [0.15, 0.2) is 36.7 Å². The predicted molar refractivity (Wildman–Crippen MR) is 129 cm³/mol. The summed E-state index contributed by atoms with van der Waals surface area (Å²) in [5.41, 5.74) is 2.65. The molecule has 0 aliphatic carbocycles. The summed E-state index contributed by atoms with van der Waals surface area (Å²) >= 11 is 12.6. The third-order valence-electron chi connectivity index (χ3n) is 6.03. The third-order valence-corrected chi connectivity index (χ3v) is 6.58. The number of carbonyl (C=O) groups excluding carboxylic acids is 1. The number of nitrogens with one attached hydrogen (secondary N) is 2. The van der Waals surface area contributed by atoms with E-state index in [1.807, 2.05) is 25.1 Å². The van der Waals surface area contributed by atoms with Crippen LogP contribution in [0.2, 0.25) is 10.0 Å². The van der Waals surface area contributed by atoms with E-state index in [1.54, 1.807) is 17.0 Å². The minimum Gasteiger partial charge on any atom is -0.394 e. The van der Waals surface area contributed by atoms with Gasteiger partial charge < -0.3 is 20.3 Å². The molecule has 2 atom stereocenters. The zero-order valence-electron chi connectivity index (χ0n) is 17.8. The Morgan fingerprint density at radius 2 is 2.12 bits per heavy atom. The molecule has 3 heterocycles. The van der Waals surface area contributed by atoms with E-state index in [9.17, 15) is 9.90 Å². The molecule has 4 aromatic rings. The van der Waals surface area contributed by atoms with Crippen molar-refractivity contribution in [2.45, 2.75) is 31.8 Å². The average molecular weight is 485 g/mol. The number of aliphatic hydroxyl groups excluding tert-OH is 1. The number of hydrogen-bond donors (Lipinski definition) is 3. The molecule has 3 N–H and O–H groups in total. The molecule has 1 saturated heterocycles. The van der Waals surface area contributed by atoms with Gasteiger partial charge in [0.25, 0.3) is 5.91 Å². The molecule has 0 spiro atoms. The first-order valence-corrected chi connectivity index (χ1v) is 11.5. The van der Waals surface area contributed by atoms with Crippen LogP contribution >= 0.6 is 23.2 Å². The quantitative estimate of drug-likeness (QED) is 0.382. The molecule has 1 aliphatic rings. The van der Waals surface area contributed by atoms with Gasteiger partial charge in [-0.15, -0.1) is 0 Å². The topological polar surface area (TPSA) is 107 Å². The monoisotopic (exact) mass is 484 g/mol. The molecule has 2 aromatic heterocycles. The number of amides is 1. The van der Waals surface area contributed by atoms with Crippen LogP contribution in [-0.4, -0.2) is 55.0 Å². The van der Waals surface area contributed by atoms with Gasteiger partial charge in [0.1, 0.15) is 18.0 Å². The maximum absolute atomic E-state index is 13.1. The summed E-state index contributed by atoms with van der Waals surface area (Å²) in [6.07, 6.45) is 3.10. The van der Waals surface area contributed by atoms with Gasteiger partial charge in [0, 0.05) is 17.0 Å². The molecule has 0 saturated carbocycles. The van der Waals surface area contributed by atoms with Gasteiger partial charge in [0.2, 0.25) is 0 Å². The van der Waals surface area contributed by atoms with Crippen LogP contribution in [0.4, 0.5) is 5.82 Å². The van der Waals surface area contributed by atoms with Crippen molar-refractivity contribution in [1.82, 2.24) is 24.8 Å². The maximum atomic E-state index is 13.1. The fourth-order valence-corrected chi connectivity index (χ4v) is 4.69. The van der Waals surface area contributed by atoms with Gasteiger partial charge in [-0.05, 0) is 50.1 Å². The lowest BCUT2D eigenvalue weighted by Gasteiger charge is -2.23. The van der Waals surface area contributed by atoms with Crippen molar-refractivity contribution in [2.24, 2.45) is 0 Å². The Morgan fingerprint density at radius 3 is 2.94 bits per heavy atom. The smallest absolute Gasteiger partial charge is 0.255 e. The normalized spacial score (nSPS) is 17.1. The fourth-order valence-electron chi connectivity index (χ4n) is 4.28. The number of anilines is 1. The Morgan fingerprint density at radius 1 is 1.27 bits per heavy atom. The van der Waals surface area contributed by atoms with E-state index >= 15 is 0 Å². The number of H-pyrrole nitrogens is 1. The van der Waals surface area contributed by atoms with Gasteiger partial charge in [-0.1, -0.05) is 23.2 Å². The summed E-state index contributed by atoms with van der Waals surface area (Å²) in [5.74, 6) is 1.13. The van der Waals surface area contributed by atoms with Crippen molar-refractivity contribution in [2.75, 3.05) is 18.5 Å². The zero-order valence-corrected chi connectivity index (χ0v) is 19.4. The number of carbonyl (C=O) groups is 1. The first-order chi connectivity index (χ1) is 15.9. The summed E-state index contributed by atoms with van der Waals surface area (Å²) in [5, 5.41) is 14.6. The average Bonchev–Trinajstić information content (AvgIpc) is 3.45. The SMILES string of the molecule is C[C@@H](Nc1ncnc2cc(C(=O)N3CCC[C@H]3CO)c(Cl)cc12)c1nc2cc(Cl)ccc2[nH]1. The summed E-state index contributed by atoms with van der Waals surface area (Å²) in [7, 11) is 0. The lowest BCUT2D eigenvalue weighted by molar-refractivity contribution is 0.0678. The van der Waals surface area contributed by atoms with Crippen molar-refractivity contribution in [3.05, 3.63) is 58.1 Å². The van der Waals surface area contributed by atoms with Gasteiger partial charge >= 0.3 is 0 Å². The molecular formula is C23H22Cl2N6O2. The number of rotatable bonds is 5. The van der Waals surface area contributed by atoms with E-state index in [2.05, 4.69) is 25.3 Å². The Hall–Kier alpha value is -2.94. The summed E-state index contributed by atoms with van der Waals surface area (Å²) in [6, 6.07) is 8.55.